The number of benzene rings is 1. The minimum atomic E-state index is -0.186. The van der Waals surface area contributed by atoms with E-state index in [-0.39, 0.29) is 12.0 Å². The summed E-state index contributed by atoms with van der Waals surface area (Å²) in [7, 11) is 2.13. The van der Waals surface area contributed by atoms with Gasteiger partial charge in [0.1, 0.15) is 0 Å². The number of nitrogens with one attached hydrogen (secondary N) is 1. The molecule has 7 heteroatoms. The van der Waals surface area contributed by atoms with Crippen LogP contribution in [0.15, 0.2) is 18.2 Å². The molecule has 0 spiro atoms. The summed E-state index contributed by atoms with van der Waals surface area (Å²) in [5, 5.41) is 11.4. The third-order valence-electron chi connectivity index (χ3n) is 5.28. The normalized spacial score (nSPS) is 20.2. The molecule has 0 saturated carbocycles. The fourth-order valence-corrected chi connectivity index (χ4v) is 3.79. The summed E-state index contributed by atoms with van der Waals surface area (Å²) in [5.74, 6) is -0.186. The average Bonchev–Trinajstić information content (AvgIpc) is 3.28. The van der Waals surface area contributed by atoms with Crippen molar-refractivity contribution in [3.63, 3.8) is 0 Å². The molecule has 3 heterocycles. The summed E-state index contributed by atoms with van der Waals surface area (Å²) in [6.45, 7) is 5.16. The molecule has 1 saturated heterocycles. The van der Waals surface area contributed by atoms with Crippen molar-refractivity contribution < 1.29 is 9.53 Å². The largest absolute Gasteiger partial charge is 0.376 e. The van der Waals surface area contributed by atoms with Gasteiger partial charge in [0, 0.05) is 26.2 Å². The Hall–Kier alpha value is -2.25. The van der Waals surface area contributed by atoms with Gasteiger partial charge < -0.3 is 15.0 Å². The third kappa shape index (κ3) is 3.24. The Bertz CT molecular complexity index is 810. The number of ether oxygens (including phenoxy) is 1. The van der Waals surface area contributed by atoms with Crippen molar-refractivity contribution in [3.05, 3.63) is 40.7 Å². The number of fused-ring (bicyclic) bond motifs is 1. The molecule has 2 aromatic rings. The third-order valence-corrected chi connectivity index (χ3v) is 5.28. The zero-order valence-electron chi connectivity index (χ0n) is 15.4. The molecule has 0 unspecified atom stereocenters. The highest BCUT2D eigenvalue weighted by Gasteiger charge is 2.23. The zero-order valence-corrected chi connectivity index (χ0v) is 15.4. The van der Waals surface area contributed by atoms with Gasteiger partial charge in [-0.25, -0.2) is 4.68 Å². The second-order valence-electron chi connectivity index (χ2n) is 7.18. The first kappa shape index (κ1) is 17.2. The van der Waals surface area contributed by atoms with Gasteiger partial charge in [-0.2, -0.15) is 0 Å². The Morgan fingerprint density at radius 3 is 3.12 bits per heavy atom. The van der Waals surface area contributed by atoms with Crippen LogP contribution in [0.4, 0.5) is 0 Å². The fraction of sp³-hybridized carbons (Fsp3) is 0.526. The Morgan fingerprint density at radius 1 is 1.42 bits per heavy atom. The molecule has 2 aliphatic rings. The van der Waals surface area contributed by atoms with E-state index in [4.69, 9.17) is 4.74 Å². The van der Waals surface area contributed by atoms with Crippen molar-refractivity contribution in [2.75, 3.05) is 26.7 Å². The number of likely N-dealkylation sites (N-methyl/N-ethyl adjacent to an activating group) is 1. The average molecular weight is 355 g/mol. The summed E-state index contributed by atoms with van der Waals surface area (Å²) in [6, 6.07) is 6.27. The van der Waals surface area contributed by atoms with E-state index in [1.807, 2.05) is 13.0 Å². The van der Waals surface area contributed by atoms with Crippen molar-refractivity contribution in [2.45, 2.75) is 38.8 Å². The fourth-order valence-electron chi connectivity index (χ4n) is 3.79. The van der Waals surface area contributed by atoms with Gasteiger partial charge in [0.25, 0.3) is 5.91 Å². The van der Waals surface area contributed by atoms with E-state index in [1.54, 1.807) is 4.68 Å². The number of aromatic nitrogens is 3. The predicted molar refractivity (Wildman–Crippen MR) is 97.4 cm³/mol. The maximum absolute atomic E-state index is 12.5. The number of hydrogen-bond donors (Lipinski definition) is 1. The second kappa shape index (κ2) is 7.17. The molecule has 1 N–H and O–H groups in total. The zero-order chi connectivity index (χ0) is 18.1. The lowest BCUT2D eigenvalue weighted by molar-refractivity contribution is 0.0853. The topological polar surface area (TPSA) is 72.3 Å². The molecule has 26 heavy (non-hydrogen) atoms. The van der Waals surface area contributed by atoms with E-state index >= 15 is 0 Å². The van der Waals surface area contributed by atoms with Crippen molar-refractivity contribution in [1.29, 1.82) is 0 Å². The smallest absolute Gasteiger partial charge is 0.273 e. The Labute approximate surface area is 153 Å². The van der Waals surface area contributed by atoms with Crippen LogP contribution in [-0.4, -0.2) is 58.6 Å². The lowest BCUT2D eigenvalue weighted by Crippen LogP contribution is -2.32. The predicted octanol–water partition coefficient (Wildman–Crippen LogP) is 1.47. The van der Waals surface area contributed by atoms with Crippen molar-refractivity contribution >= 4 is 5.91 Å². The molecule has 1 aromatic heterocycles. The Balaban J connectivity index is 1.56. The number of amides is 1. The van der Waals surface area contributed by atoms with Gasteiger partial charge >= 0.3 is 0 Å². The van der Waals surface area contributed by atoms with Crippen LogP contribution >= 0.6 is 0 Å². The molecule has 1 fully saturated rings. The highest BCUT2D eigenvalue weighted by Crippen LogP contribution is 2.25. The Kier molecular flexibility index (Phi) is 4.74. The van der Waals surface area contributed by atoms with Gasteiger partial charge in [0.15, 0.2) is 5.69 Å². The van der Waals surface area contributed by atoms with Crippen LogP contribution in [0.25, 0.3) is 5.69 Å². The van der Waals surface area contributed by atoms with Gasteiger partial charge in [-0.1, -0.05) is 17.3 Å². The quantitative estimate of drug-likeness (QED) is 0.899. The lowest BCUT2D eigenvalue weighted by Gasteiger charge is -2.26. The first-order chi connectivity index (χ1) is 12.6. The van der Waals surface area contributed by atoms with Gasteiger partial charge in [-0.05, 0) is 50.4 Å². The highest BCUT2D eigenvalue weighted by molar-refractivity contribution is 5.93. The van der Waals surface area contributed by atoms with Gasteiger partial charge in [0.2, 0.25) is 0 Å². The molecule has 0 radical (unpaired) electrons. The van der Waals surface area contributed by atoms with E-state index in [0.29, 0.717) is 12.2 Å². The van der Waals surface area contributed by atoms with E-state index in [0.717, 1.165) is 50.3 Å². The summed E-state index contributed by atoms with van der Waals surface area (Å²) in [4.78, 5) is 14.8. The van der Waals surface area contributed by atoms with Crippen LogP contribution in [0, 0.1) is 6.92 Å². The van der Waals surface area contributed by atoms with Crippen LogP contribution in [0.1, 0.15) is 40.2 Å². The standard InChI is InChI=1S/C19H25N5O2/c1-13-18(19(25)20-11-15-6-4-10-26-15)21-22-24(13)17-7-3-5-14-12-23(2)9-8-16(14)17/h3,5,7,15H,4,6,8-12H2,1-2H3,(H,20,25)/t15-/m0/s1. The van der Waals surface area contributed by atoms with Crippen molar-refractivity contribution in [3.8, 4) is 5.69 Å². The SMILES string of the molecule is Cc1c(C(=O)NC[C@@H]2CCCO2)nnn1-c1cccc2c1CCN(C)C2. The van der Waals surface area contributed by atoms with E-state index in [9.17, 15) is 4.79 Å². The summed E-state index contributed by atoms with van der Waals surface area (Å²) >= 11 is 0. The molecule has 0 aliphatic carbocycles. The maximum atomic E-state index is 12.5. The summed E-state index contributed by atoms with van der Waals surface area (Å²) < 4.78 is 7.35. The number of hydrogen-bond acceptors (Lipinski definition) is 5. The van der Waals surface area contributed by atoms with Crippen LogP contribution < -0.4 is 5.32 Å². The van der Waals surface area contributed by atoms with Crippen LogP contribution in [0.3, 0.4) is 0 Å². The first-order valence-electron chi connectivity index (χ1n) is 9.25. The molecule has 2 aliphatic heterocycles. The van der Waals surface area contributed by atoms with Crippen LogP contribution in [0.5, 0.6) is 0 Å². The molecule has 7 nitrogen and oxygen atoms in total. The molecule has 138 valence electrons. The van der Waals surface area contributed by atoms with Gasteiger partial charge in [-0.3, -0.25) is 4.79 Å². The number of rotatable bonds is 4. The minimum Gasteiger partial charge on any atom is -0.376 e. The first-order valence-corrected chi connectivity index (χ1v) is 9.25. The number of nitrogens with zero attached hydrogens (tertiary/aromatic N) is 4. The summed E-state index contributed by atoms with van der Waals surface area (Å²) in [5.41, 5.74) is 4.79. The molecule has 4 rings (SSSR count). The number of carbonyl (C=O) groups excluding carboxylic acids is 1. The van der Waals surface area contributed by atoms with Gasteiger partial charge in [-0.15, -0.1) is 5.10 Å². The van der Waals surface area contributed by atoms with E-state index in [1.165, 1.54) is 11.1 Å². The van der Waals surface area contributed by atoms with Crippen LogP contribution in [-0.2, 0) is 17.7 Å². The molecule has 1 aromatic carbocycles. The molecular weight excluding hydrogens is 330 g/mol. The molecular formula is C19H25N5O2. The van der Waals surface area contributed by atoms with Gasteiger partial charge in [0.05, 0.1) is 17.5 Å². The number of carbonyl (C=O) groups is 1. The highest BCUT2D eigenvalue weighted by atomic mass is 16.5. The van der Waals surface area contributed by atoms with E-state index in [2.05, 4.69) is 39.7 Å². The Morgan fingerprint density at radius 2 is 2.31 bits per heavy atom. The summed E-state index contributed by atoms with van der Waals surface area (Å²) in [6.07, 6.45) is 3.15. The van der Waals surface area contributed by atoms with Crippen molar-refractivity contribution in [2.24, 2.45) is 0 Å². The second-order valence-corrected chi connectivity index (χ2v) is 7.18. The van der Waals surface area contributed by atoms with E-state index < -0.39 is 0 Å². The van der Waals surface area contributed by atoms with Crippen molar-refractivity contribution in [1.82, 2.24) is 25.2 Å². The monoisotopic (exact) mass is 355 g/mol. The molecule has 1 atom stereocenters. The van der Waals surface area contributed by atoms with Crippen LogP contribution in [0.2, 0.25) is 0 Å². The maximum Gasteiger partial charge on any atom is 0.273 e. The molecule has 0 bridgehead atoms. The minimum absolute atomic E-state index is 0.118. The molecule has 1 amide bonds. The lowest BCUT2D eigenvalue weighted by atomic mass is 9.98.